The third-order valence-corrected chi connectivity index (χ3v) is 9.19. The molecule has 226 valence electrons. The van der Waals surface area contributed by atoms with Crippen molar-refractivity contribution in [2.45, 2.75) is 44.8 Å². The molecule has 2 aliphatic rings. The van der Waals surface area contributed by atoms with Gasteiger partial charge >= 0.3 is 12.4 Å². The summed E-state index contributed by atoms with van der Waals surface area (Å²) in [5.74, 6) is -0.331. The molecule has 1 saturated heterocycles. The summed E-state index contributed by atoms with van der Waals surface area (Å²) in [6, 6.07) is 7.44. The van der Waals surface area contributed by atoms with Crippen LogP contribution in [0.3, 0.4) is 0 Å². The smallest absolute Gasteiger partial charge is 0.416 e. The van der Waals surface area contributed by atoms with E-state index in [4.69, 9.17) is 0 Å². The summed E-state index contributed by atoms with van der Waals surface area (Å²) in [4.78, 5) is 19.6. The van der Waals surface area contributed by atoms with Crippen molar-refractivity contribution < 1.29 is 48.0 Å². The van der Waals surface area contributed by atoms with Crippen LogP contribution in [0.15, 0.2) is 52.5 Å². The van der Waals surface area contributed by atoms with Crippen LogP contribution < -0.4 is 12.4 Å². The van der Waals surface area contributed by atoms with Crippen LogP contribution in [-0.2, 0) is 23.7 Å². The van der Waals surface area contributed by atoms with Crippen molar-refractivity contribution >= 4 is 39.8 Å². The number of aromatic nitrogens is 2. The first kappa shape index (κ1) is 31.9. The molecule has 0 radical (unpaired) electrons. The molecule has 0 unspecified atom stereocenters. The number of quaternary nitrogens is 1. The van der Waals surface area contributed by atoms with Crippen molar-refractivity contribution in [3.63, 3.8) is 0 Å². The van der Waals surface area contributed by atoms with Crippen molar-refractivity contribution in [2.75, 3.05) is 27.2 Å². The zero-order valence-corrected chi connectivity index (χ0v) is 24.7. The lowest BCUT2D eigenvalue weighted by atomic mass is 10.0. The molecule has 1 aromatic heterocycles. The fourth-order valence-electron chi connectivity index (χ4n) is 5.05. The number of benzene rings is 2. The summed E-state index contributed by atoms with van der Waals surface area (Å²) >= 11 is 1.32. The lowest BCUT2D eigenvalue weighted by Crippen LogP contribution is -3.00. The molecule has 1 fully saturated rings. The largest absolute Gasteiger partial charge is 1.00 e. The molecule has 3 heterocycles. The average molecular weight is 632 g/mol. The van der Waals surface area contributed by atoms with Crippen LogP contribution in [0, 0.1) is 0 Å². The normalized spacial score (nSPS) is 22.0. The number of hydrogen-bond acceptors (Lipinski definition) is 4. The maximum absolute atomic E-state index is 13.6. The first-order chi connectivity index (χ1) is 19.0. The first-order valence-corrected chi connectivity index (χ1v) is 13.7. The standard InChI is InChI=1S/C28H28F6N5OS.ClH/c1-16-13-37(14-17(2)39(16,3)4)26-36-25(40)24(41-26)10-18-5-8-23-20(9-18)12-35-38(23)15-19-6-7-21(27(29,30)31)11-22(19)28(32,33)34;/h5-12,16-17H,13-15H2,1-4H3;1H/q+1;/p-1/t16-,17+;. The maximum atomic E-state index is 13.6. The molecule has 0 aliphatic carbocycles. The second-order valence-electron chi connectivity index (χ2n) is 11.0. The Hall–Kier alpha value is -3.03. The van der Waals surface area contributed by atoms with E-state index in [1.54, 1.807) is 24.3 Å². The number of aliphatic imine (C=N–C) groups is 1. The quantitative estimate of drug-likeness (QED) is 0.253. The summed E-state index contributed by atoms with van der Waals surface area (Å²) in [6.45, 7) is 5.55. The minimum Gasteiger partial charge on any atom is -1.00 e. The molecule has 2 aromatic carbocycles. The number of hydrogen-bond donors (Lipinski definition) is 0. The fourth-order valence-corrected chi connectivity index (χ4v) is 5.98. The highest BCUT2D eigenvalue weighted by Crippen LogP contribution is 2.38. The van der Waals surface area contributed by atoms with Crippen molar-refractivity contribution in [2.24, 2.45) is 4.99 Å². The molecule has 0 bridgehead atoms. The zero-order valence-electron chi connectivity index (χ0n) is 23.1. The number of nitrogens with zero attached hydrogens (tertiary/aromatic N) is 5. The van der Waals surface area contributed by atoms with Crippen LogP contribution in [0.4, 0.5) is 26.3 Å². The fraction of sp³-hybridized carbons (Fsp3) is 0.393. The third-order valence-electron chi connectivity index (χ3n) is 8.15. The predicted molar refractivity (Wildman–Crippen MR) is 146 cm³/mol. The minimum absolute atomic E-state index is 0. The molecule has 5 rings (SSSR count). The second kappa shape index (κ2) is 11.2. The van der Waals surface area contributed by atoms with Crippen molar-refractivity contribution in [3.8, 4) is 0 Å². The predicted octanol–water partition coefficient (Wildman–Crippen LogP) is 3.27. The summed E-state index contributed by atoms with van der Waals surface area (Å²) in [6.07, 6.45) is -6.68. The zero-order chi connectivity index (χ0) is 29.9. The van der Waals surface area contributed by atoms with Crippen molar-refractivity contribution in [1.29, 1.82) is 0 Å². The van der Waals surface area contributed by atoms with Gasteiger partial charge in [0.25, 0.3) is 5.91 Å². The van der Waals surface area contributed by atoms with Gasteiger partial charge < -0.3 is 21.8 Å². The SMILES string of the molecule is C[C@@H]1CN(C2=NC(=O)C(=Cc3ccc4c(cnn4Cc4ccc(C(F)(F)F)cc4C(F)(F)F)c3)S2)C[C@H](C)[N+]1(C)C.[Cl-]. The second-order valence-corrected chi connectivity index (χ2v) is 12.0. The molecule has 0 spiro atoms. The third kappa shape index (κ3) is 6.18. The van der Waals surface area contributed by atoms with E-state index in [-0.39, 0.29) is 36.5 Å². The number of amides is 1. The van der Waals surface area contributed by atoms with Gasteiger partial charge in [0.05, 0.1) is 61.5 Å². The van der Waals surface area contributed by atoms with Gasteiger partial charge in [-0.3, -0.25) is 9.48 Å². The monoisotopic (exact) mass is 631 g/mol. The van der Waals surface area contributed by atoms with E-state index in [2.05, 4.69) is 42.9 Å². The van der Waals surface area contributed by atoms with E-state index in [0.29, 0.717) is 44.7 Å². The van der Waals surface area contributed by atoms with Gasteiger partial charge in [-0.15, -0.1) is 0 Å². The Balaban J connectivity index is 0.00000405. The Labute approximate surface area is 249 Å². The van der Waals surface area contributed by atoms with E-state index in [9.17, 15) is 31.1 Å². The molecular weight excluding hydrogens is 604 g/mol. The molecule has 0 N–H and O–H groups in total. The summed E-state index contributed by atoms with van der Waals surface area (Å²) in [5.41, 5.74) is -1.87. The molecule has 2 aliphatic heterocycles. The summed E-state index contributed by atoms with van der Waals surface area (Å²) < 4.78 is 82.1. The summed E-state index contributed by atoms with van der Waals surface area (Å²) in [7, 11) is 4.40. The van der Waals surface area contributed by atoms with E-state index >= 15 is 0 Å². The number of alkyl halides is 6. The summed E-state index contributed by atoms with van der Waals surface area (Å²) in [5, 5.41) is 5.45. The molecule has 14 heteroatoms. The first-order valence-electron chi connectivity index (χ1n) is 12.9. The van der Waals surface area contributed by atoms with Gasteiger partial charge in [-0.2, -0.15) is 36.4 Å². The number of fused-ring (bicyclic) bond motifs is 1. The van der Waals surface area contributed by atoms with E-state index in [0.717, 1.165) is 23.6 Å². The molecule has 2 atom stereocenters. The number of carbonyl (C=O) groups is 1. The number of likely N-dealkylation sites (N-methyl/N-ethyl adjacent to an activating group) is 1. The van der Waals surface area contributed by atoms with E-state index in [1.165, 1.54) is 22.6 Å². The number of rotatable bonds is 3. The van der Waals surface area contributed by atoms with Gasteiger partial charge in [0.1, 0.15) is 12.1 Å². The number of piperazine rings is 1. The maximum Gasteiger partial charge on any atom is 0.416 e. The van der Waals surface area contributed by atoms with Crippen molar-refractivity contribution in [3.05, 3.63) is 69.8 Å². The van der Waals surface area contributed by atoms with Crippen LogP contribution in [0.2, 0.25) is 0 Å². The van der Waals surface area contributed by atoms with Crippen LogP contribution >= 0.6 is 11.8 Å². The topological polar surface area (TPSA) is 50.5 Å². The molecule has 1 amide bonds. The van der Waals surface area contributed by atoms with Crippen LogP contribution in [0.5, 0.6) is 0 Å². The Bertz CT molecular complexity index is 1560. The van der Waals surface area contributed by atoms with E-state index < -0.39 is 23.5 Å². The van der Waals surface area contributed by atoms with Crippen LogP contribution in [0.25, 0.3) is 17.0 Å². The highest BCUT2D eigenvalue weighted by Gasteiger charge is 2.41. The molecule has 0 saturated carbocycles. The number of amidine groups is 1. The van der Waals surface area contributed by atoms with Crippen LogP contribution in [0.1, 0.15) is 36.1 Å². The van der Waals surface area contributed by atoms with Crippen LogP contribution in [-0.4, -0.2) is 69.5 Å². The molecular formula is C28H28ClF6N5OS. The molecule has 6 nitrogen and oxygen atoms in total. The lowest BCUT2D eigenvalue weighted by molar-refractivity contribution is -0.939. The van der Waals surface area contributed by atoms with Gasteiger partial charge in [-0.25, -0.2) is 0 Å². The highest BCUT2D eigenvalue weighted by atomic mass is 35.5. The van der Waals surface area contributed by atoms with Gasteiger partial charge in [0, 0.05) is 5.39 Å². The lowest BCUT2D eigenvalue weighted by Gasteiger charge is -2.49. The average Bonchev–Trinajstić information content (AvgIpc) is 3.44. The molecule has 3 aromatic rings. The Morgan fingerprint density at radius 3 is 2.29 bits per heavy atom. The van der Waals surface area contributed by atoms with Gasteiger partial charge in [0.2, 0.25) is 0 Å². The van der Waals surface area contributed by atoms with E-state index in [1.807, 2.05) is 0 Å². The van der Waals surface area contributed by atoms with Crippen molar-refractivity contribution in [1.82, 2.24) is 14.7 Å². The Kier molecular flexibility index (Phi) is 8.53. The molecule has 42 heavy (non-hydrogen) atoms. The highest BCUT2D eigenvalue weighted by molar-refractivity contribution is 8.18. The number of thioether (sulfide) groups is 1. The number of halogens is 7. The van der Waals surface area contributed by atoms with Gasteiger partial charge in [-0.1, -0.05) is 12.1 Å². The Morgan fingerprint density at radius 2 is 1.67 bits per heavy atom. The Morgan fingerprint density at radius 1 is 1.00 bits per heavy atom. The minimum atomic E-state index is -4.97. The van der Waals surface area contributed by atoms with Gasteiger partial charge in [-0.05, 0) is 67.1 Å². The number of carbonyl (C=O) groups excluding carboxylic acids is 1. The van der Waals surface area contributed by atoms with Gasteiger partial charge in [0.15, 0.2) is 5.17 Å².